The Bertz CT molecular complexity index is 736. The molecule has 4 rings (SSSR count). The summed E-state index contributed by atoms with van der Waals surface area (Å²) in [6.45, 7) is 5.87. The molecule has 2 heterocycles. The fourth-order valence-electron chi connectivity index (χ4n) is 4.99. The summed E-state index contributed by atoms with van der Waals surface area (Å²) < 4.78 is 0. The van der Waals surface area contributed by atoms with Crippen molar-refractivity contribution < 1.29 is 9.90 Å². The van der Waals surface area contributed by atoms with Gasteiger partial charge in [-0.3, -0.25) is 4.79 Å². The van der Waals surface area contributed by atoms with Gasteiger partial charge in [-0.2, -0.15) is 0 Å². The monoisotopic (exact) mass is 373 g/mol. The molecule has 2 aliphatic carbocycles. The van der Waals surface area contributed by atoms with Gasteiger partial charge in [0.1, 0.15) is 5.82 Å². The molecule has 0 radical (unpaired) electrons. The number of rotatable bonds is 4. The Balaban J connectivity index is 1.44. The first-order valence-corrected chi connectivity index (χ1v) is 10.0. The molecule has 148 valence electrons. The second-order valence-corrected chi connectivity index (χ2v) is 9.07. The van der Waals surface area contributed by atoms with E-state index in [1.165, 1.54) is 0 Å². The Labute approximate surface area is 161 Å². The molecule has 2 saturated carbocycles. The summed E-state index contributed by atoms with van der Waals surface area (Å²) in [6, 6.07) is 0.699. The van der Waals surface area contributed by atoms with Crippen molar-refractivity contribution in [3.8, 4) is 0 Å². The van der Waals surface area contributed by atoms with E-state index >= 15 is 0 Å². The largest absolute Gasteiger partial charge is 0.393 e. The molecule has 7 heteroatoms. The minimum Gasteiger partial charge on any atom is -0.393 e. The lowest BCUT2D eigenvalue weighted by atomic mass is 9.53. The number of carbonyl (C=O) groups is 1. The highest BCUT2D eigenvalue weighted by molar-refractivity contribution is 5.91. The van der Waals surface area contributed by atoms with Gasteiger partial charge < -0.3 is 20.2 Å². The molecule has 3 aliphatic rings. The molecular weight excluding hydrogens is 342 g/mol. The molecule has 0 bridgehead atoms. The van der Waals surface area contributed by atoms with Crippen molar-refractivity contribution in [1.82, 2.24) is 20.2 Å². The third kappa shape index (κ3) is 3.43. The summed E-state index contributed by atoms with van der Waals surface area (Å²) >= 11 is 0. The number of aryl methyl sites for hydroxylation is 1. The third-order valence-electron chi connectivity index (χ3n) is 6.79. The van der Waals surface area contributed by atoms with Crippen molar-refractivity contribution in [3.63, 3.8) is 0 Å². The van der Waals surface area contributed by atoms with Gasteiger partial charge in [0.05, 0.1) is 6.10 Å². The Morgan fingerprint density at radius 1 is 1.22 bits per heavy atom. The number of hydrogen-bond donors (Lipinski definition) is 2. The molecule has 2 N–H and O–H groups in total. The summed E-state index contributed by atoms with van der Waals surface area (Å²) in [7, 11) is 4.22. The van der Waals surface area contributed by atoms with Crippen molar-refractivity contribution in [1.29, 1.82) is 0 Å². The van der Waals surface area contributed by atoms with Crippen LogP contribution in [0.2, 0.25) is 0 Å². The number of likely N-dealkylation sites (N-methyl/N-ethyl adjacent to an activating group) is 1. The number of anilines is 1. The fourth-order valence-corrected chi connectivity index (χ4v) is 4.99. The maximum atomic E-state index is 12.7. The van der Waals surface area contributed by atoms with Crippen molar-refractivity contribution in [2.45, 2.75) is 64.1 Å². The lowest BCUT2D eigenvalue weighted by Crippen LogP contribution is -2.57. The van der Waals surface area contributed by atoms with Gasteiger partial charge >= 0.3 is 0 Å². The molecule has 0 unspecified atom stereocenters. The zero-order valence-corrected chi connectivity index (χ0v) is 16.8. The van der Waals surface area contributed by atoms with Crippen molar-refractivity contribution >= 4 is 11.7 Å². The molecule has 3 fully saturated rings. The van der Waals surface area contributed by atoms with E-state index in [9.17, 15) is 9.90 Å². The molecule has 1 saturated heterocycles. The number of nitrogens with zero attached hydrogens (tertiary/aromatic N) is 4. The minimum absolute atomic E-state index is 0.140. The molecule has 0 aromatic carbocycles. The molecule has 1 amide bonds. The number of nitrogens with one attached hydrogen (secondary N) is 1. The van der Waals surface area contributed by atoms with Gasteiger partial charge in [0.25, 0.3) is 5.91 Å². The van der Waals surface area contributed by atoms with Gasteiger partial charge in [-0.1, -0.05) is 0 Å². The topological polar surface area (TPSA) is 81.6 Å². The van der Waals surface area contributed by atoms with Crippen LogP contribution in [0, 0.1) is 19.3 Å². The van der Waals surface area contributed by atoms with Crippen molar-refractivity contribution in [2.24, 2.45) is 5.41 Å². The van der Waals surface area contributed by atoms with E-state index in [0.717, 1.165) is 62.3 Å². The molecule has 1 spiro atoms. The van der Waals surface area contributed by atoms with Gasteiger partial charge in [-0.05, 0) is 65.5 Å². The Kier molecular flexibility index (Phi) is 4.63. The number of aliphatic hydroxyl groups excluding tert-OH is 1. The van der Waals surface area contributed by atoms with Crippen LogP contribution in [0.15, 0.2) is 0 Å². The first kappa shape index (κ1) is 18.6. The van der Waals surface area contributed by atoms with Crippen molar-refractivity contribution in [2.75, 3.05) is 32.1 Å². The predicted octanol–water partition coefficient (Wildman–Crippen LogP) is 1.27. The smallest absolute Gasteiger partial charge is 0.289 e. The van der Waals surface area contributed by atoms with Crippen molar-refractivity contribution in [3.05, 3.63) is 17.1 Å². The zero-order chi connectivity index (χ0) is 19.3. The van der Waals surface area contributed by atoms with E-state index in [1.54, 1.807) is 0 Å². The van der Waals surface area contributed by atoms with Gasteiger partial charge in [0, 0.05) is 36.4 Å². The molecule has 7 nitrogen and oxygen atoms in total. The highest BCUT2D eigenvalue weighted by Gasteiger charge is 2.52. The number of hydrogen-bond acceptors (Lipinski definition) is 6. The maximum Gasteiger partial charge on any atom is 0.289 e. The second kappa shape index (κ2) is 6.71. The standard InChI is InChI=1S/C20H31N5O2/c1-12-13(2)21-17(23-18(12)25-6-5-15(11-25)24(3)4)19(27)22-14-7-20(8-14)9-16(26)10-20/h14-16,26H,5-11H2,1-4H3,(H,22,27)/t14?,15-,16?,20?/m1/s1. The second-order valence-electron chi connectivity index (χ2n) is 9.07. The normalized spacial score (nSPS) is 32.5. The van der Waals surface area contributed by atoms with E-state index < -0.39 is 0 Å². The summed E-state index contributed by atoms with van der Waals surface area (Å²) in [5.41, 5.74) is 2.20. The lowest BCUT2D eigenvalue weighted by molar-refractivity contribution is -0.0950. The lowest BCUT2D eigenvalue weighted by Gasteiger charge is -2.56. The van der Waals surface area contributed by atoms with Crippen LogP contribution in [-0.4, -0.2) is 71.3 Å². The number of aliphatic hydroxyl groups is 1. The average molecular weight is 374 g/mol. The van der Waals surface area contributed by atoms with Crippen LogP contribution in [-0.2, 0) is 0 Å². The number of amides is 1. The van der Waals surface area contributed by atoms with E-state index in [2.05, 4.69) is 39.2 Å². The van der Waals surface area contributed by atoms with Crippen LogP contribution in [0.4, 0.5) is 5.82 Å². The van der Waals surface area contributed by atoms with Crippen LogP contribution < -0.4 is 10.2 Å². The molecular formula is C20H31N5O2. The Hall–Kier alpha value is -1.73. The average Bonchev–Trinajstić information content (AvgIpc) is 3.03. The van der Waals surface area contributed by atoms with E-state index in [4.69, 9.17) is 0 Å². The van der Waals surface area contributed by atoms with Gasteiger partial charge in [0.15, 0.2) is 0 Å². The van der Waals surface area contributed by atoms with Gasteiger partial charge in [-0.15, -0.1) is 0 Å². The van der Waals surface area contributed by atoms with E-state index in [1.807, 2.05) is 13.8 Å². The van der Waals surface area contributed by atoms with Crippen LogP contribution >= 0.6 is 0 Å². The molecule has 1 aromatic heterocycles. The maximum absolute atomic E-state index is 12.7. The number of carbonyl (C=O) groups excluding carboxylic acids is 1. The summed E-state index contributed by atoms with van der Waals surface area (Å²) in [5.74, 6) is 0.989. The van der Waals surface area contributed by atoms with E-state index in [-0.39, 0.29) is 29.3 Å². The van der Waals surface area contributed by atoms with Crippen LogP contribution in [0.1, 0.15) is 54.0 Å². The molecule has 1 aromatic rings. The molecule has 1 aliphatic heterocycles. The van der Waals surface area contributed by atoms with Crippen LogP contribution in [0.3, 0.4) is 0 Å². The zero-order valence-electron chi connectivity index (χ0n) is 16.8. The van der Waals surface area contributed by atoms with Crippen LogP contribution in [0.5, 0.6) is 0 Å². The highest BCUT2D eigenvalue weighted by Crippen LogP contribution is 2.55. The highest BCUT2D eigenvalue weighted by atomic mass is 16.3. The third-order valence-corrected chi connectivity index (χ3v) is 6.79. The SMILES string of the molecule is Cc1nc(C(=O)NC2CC3(CC(O)C3)C2)nc(N2CC[C@@H](N(C)C)C2)c1C. The summed E-state index contributed by atoms with van der Waals surface area (Å²) in [4.78, 5) is 26.3. The van der Waals surface area contributed by atoms with E-state index in [0.29, 0.717) is 6.04 Å². The summed E-state index contributed by atoms with van der Waals surface area (Å²) in [5, 5.41) is 12.6. The number of aromatic nitrogens is 2. The first-order chi connectivity index (χ1) is 12.8. The van der Waals surface area contributed by atoms with Crippen LogP contribution in [0.25, 0.3) is 0 Å². The Morgan fingerprint density at radius 2 is 1.93 bits per heavy atom. The quantitative estimate of drug-likeness (QED) is 0.827. The Morgan fingerprint density at radius 3 is 2.52 bits per heavy atom. The summed E-state index contributed by atoms with van der Waals surface area (Å²) in [6.07, 6.45) is 4.65. The van der Waals surface area contributed by atoms with Gasteiger partial charge in [-0.25, -0.2) is 9.97 Å². The first-order valence-electron chi connectivity index (χ1n) is 10.0. The van der Waals surface area contributed by atoms with Gasteiger partial charge in [0.2, 0.25) is 5.82 Å². The fraction of sp³-hybridized carbons (Fsp3) is 0.750. The molecule has 27 heavy (non-hydrogen) atoms. The molecule has 1 atom stereocenters. The minimum atomic E-state index is -0.178. The predicted molar refractivity (Wildman–Crippen MR) is 104 cm³/mol.